The molecule has 1 N–H and O–H groups in total. The van der Waals surface area contributed by atoms with E-state index in [0.717, 1.165) is 18.7 Å². The van der Waals surface area contributed by atoms with Crippen molar-refractivity contribution in [3.05, 3.63) is 41.5 Å². The minimum absolute atomic E-state index is 0.0150. The number of aromatic hydroxyl groups is 1. The quantitative estimate of drug-likeness (QED) is 0.918. The lowest BCUT2D eigenvalue weighted by Gasteiger charge is -2.33. The van der Waals surface area contributed by atoms with Gasteiger partial charge in [-0.2, -0.15) is 4.98 Å². The third kappa shape index (κ3) is 2.81. The van der Waals surface area contributed by atoms with Gasteiger partial charge in [0.25, 0.3) is 0 Å². The molecule has 2 aromatic rings. The van der Waals surface area contributed by atoms with Crippen LogP contribution in [-0.4, -0.2) is 39.9 Å². The fraction of sp³-hybridized carbons (Fsp3) is 0.429. The molecule has 0 spiro atoms. The van der Waals surface area contributed by atoms with E-state index in [9.17, 15) is 5.11 Å². The second kappa shape index (κ2) is 5.60. The number of benzene rings is 1. The molecule has 1 aliphatic rings. The van der Waals surface area contributed by atoms with Gasteiger partial charge in [-0.1, -0.05) is 17.3 Å². The molecule has 1 aromatic heterocycles. The van der Waals surface area contributed by atoms with E-state index in [1.165, 1.54) is 0 Å². The van der Waals surface area contributed by atoms with Gasteiger partial charge in [-0.25, -0.2) is 0 Å². The smallest absolute Gasteiger partial charge is 0.246 e. The van der Waals surface area contributed by atoms with Gasteiger partial charge in [0.1, 0.15) is 11.8 Å². The van der Waals surface area contributed by atoms with Crippen LogP contribution in [0.5, 0.6) is 5.75 Å². The van der Waals surface area contributed by atoms with E-state index in [1.807, 2.05) is 12.1 Å². The van der Waals surface area contributed by atoms with Crippen LogP contribution in [-0.2, 0) is 11.3 Å². The number of nitrogens with zero attached hydrogens (tertiary/aromatic N) is 3. The Balaban J connectivity index is 1.77. The highest BCUT2D eigenvalue weighted by Gasteiger charge is 2.29. The first-order valence-corrected chi connectivity index (χ1v) is 6.62. The zero-order chi connectivity index (χ0) is 13.9. The number of aryl methyl sites for hydroxylation is 1. The zero-order valence-electron chi connectivity index (χ0n) is 11.3. The molecule has 106 valence electrons. The molecule has 1 aromatic carbocycles. The first-order valence-electron chi connectivity index (χ1n) is 6.62. The van der Waals surface area contributed by atoms with E-state index in [2.05, 4.69) is 15.0 Å². The predicted molar refractivity (Wildman–Crippen MR) is 71.1 cm³/mol. The molecular formula is C14H17N3O3. The monoisotopic (exact) mass is 275 g/mol. The fourth-order valence-corrected chi connectivity index (χ4v) is 2.34. The van der Waals surface area contributed by atoms with Crippen LogP contribution in [0, 0.1) is 6.92 Å². The summed E-state index contributed by atoms with van der Waals surface area (Å²) < 4.78 is 10.8. The van der Waals surface area contributed by atoms with Crippen LogP contribution in [0.1, 0.15) is 23.3 Å². The lowest BCUT2D eigenvalue weighted by atomic mass is 10.1. The Kier molecular flexibility index (Phi) is 3.66. The Labute approximate surface area is 117 Å². The van der Waals surface area contributed by atoms with Crippen molar-refractivity contribution in [3.8, 4) is 5.75 Å². The third-order valence-electron chi connectivity index (χ3n) is 3.39. The van der Waals surface area contributed by atoms with E-state index in [4.69, 9.17) is 9.26 Å². The maximum Gasteiger partial charge on any atom is 0.246 e. The van der Waals surface area contributed by atoms with Gasteiger partial charge in [0.05, 0.1) is 13.2 Å². The van der Waals surface area contributed by atoms with Crippen LogP contribution in [0.3, 0.4) is 0 Å². The van der Waals surface area contributed by atoms with Crippen molar-refractivity contribution in [1.29, 1.82) is 0 Å². The average Bonchev–Trinajstić information content (AvgIpc) is 2.88. The summed E-state index contributed by atoms with van der Waals surface area (Å²) in [7, 11) is 0. The van der Waals surface area contributed by atoms with E-state index in [-0.39, 0.29) is 11.8 Å². The van der Waals surface area contributed by atoms with Crippen molar-refractivity contribution in [2.45, 2.75) is 19.5 Å². The fourth-order valence-electron chi connectivity index (χ4n) is 2.34. The van der Waals surface area contributed by atoms with E-state index >= 15 is 0 Å². The van der Waals surface area contributed by atoms with Crippen molar-refractivity contribution in [2.24, 2.45) is 0 Å². The SMILES string of the molecule is Cc1noc([C@H]2COCCN2Cc2ccc(O)cc2)n1. The first-order chi connectivity index (χ1) is 9.72. The van der Waals surface area contributed by atoms with Crippen molar-refractivity contribution in [3.63, 3.8) is 0 Å². The Hall–Kier alpha value is -1.92. The molecule has 0 unspecified atom stereocenters. The van der Waals surface area contributed by atoms with Gasteiger partial charge in [-0.05, 0) is 24.6 Å². The van der Waals surface area contributed by atoms with Crippen LogP contribution in [0.25, 0.3) is 0 Å². The standard InChI is InChI=1S/C14H17N3O3/c1-10-15-14(20-16-10)13-9-19-7-6-17(13)8-11-2-4-12(18)5-3-11/h2-5,13,18H,6-9H2,1H3/t13-/m1/s1. The summed E-state index contributed by atoms with van der Waals surface area (Å²) in [6, 6.07) is 7.21. The Morgan fingerprint density at radius 2 is 2.15 bits per heavy atom. The van der Waals surface area contributed by atoms with E-state index in [1.54, 1.807) is 19.1 Å². The number of morpholine rings is 1. The highest BCUT2D eigenvalue weighted by Crippen LogP contribution is 2.25. The van der Waals surface area contributed by atoms with Crippen molar-refractivity contribution >= 4 is 0 Å². The molecule has 20 heavy (non-hydrogen) atoms. The van der Waals surface area contributed by atoms with Crippen LogP contribution in [0.2, 0.25) is 0 Å². The van der Waals surface area contributed by atoms with Gasteiger partial charge in [-0.15, -0.1) is 0 Å². The second-order valence-corrected chi connectivity index (χ2v) is 4.91. The molecule has 1 saturated heterocycles. The van der Waals surface area contributed by atoms with Gasteiger partial charge < -0.3 is 14.4 Å². The molecule has 2 heterocycles. The molecule has 6 heteroatoms. The summed E-state index contributed by atoms with van der Waals surface area (Å²) in [5.74, 6) is 1.51. The van der Waals surface area contributed by atoms with Crippen molar-refractivity contribution < 1.29 is 14.4 Å². The minimum Gasteiger partial charge on any atom is -0.508 e. The van der Waals surface area contributed by atoms with E-state index in [0.29, 0.717) is 24.9 Å². The van der Waals surface area contributed by atoms with Crippen LogP contribution in [0.15, 0.2) is 28.8 Å². The first kappa shape index (κ1) is 13.1. The second-order valence-electron chi connectivity index (χ2n) is 4.91. The van der Waals surface area contributed by atoms with Gasteiger partial charge >= 0.3 is 0 Å². The highest BCUT2D eigenvalue weighted by molar-refractivity contribution is 5.25. The molecular weight excluding hydrogens is 258 g/mol. The summed E-state index contributed by atoms with van der Waals surface area (Å²) in [5, 5.41) is 13.2. The maximum absolute atomic E-state index is 9.33. The molecule has 1 fully saturated rings. The number of rotatable bonds is 3. The zero-order valence-corrected chi connectivity index (χ0v) is 11.3. The molecule has 6 nitrogen and oxygen atoms in total. The Morgan fingerprint density at radius 3 is 2.85 bits per heavy atom. The summed E-state index contributed by atoms with van der Waals surface area (Å²) in [4.78, 5) is 6.55. The lowest BCUT2D eigenvalue weighted by molar-refractivity contribution is -0.0241. The molecule has 0 bridgehead atoms. The largest absolute Gasteiger partial charge is 0.508 e. The average molecular weight is 275 g/mol. The minimum atomic E-state index is -0.0150. The lowest BCUT2D eigenvalue weighted by Crippen LogP contribution is -2.39. The summed E-state index contributed by atoms with van der Waals surface area (Å²) in [6.45, 7) is 4.63. The third-order valence-corrected chi connectivity index (χ3v) is 3.39. The normalized spacial score (nSPS) is 20.1. The van der Waals surface area contributed by atoms with Gasteiger partial charge in [-0.3, -0.25) is 4.90 Å². The predicted octanol–water partition coefficient (Wildman–Crippen LogP) is 1.66. The van der Waals surface area contributed by atoms with Crippen molar-refractivity contribution in [1.82, 2.24) is 15.0 Å². The van der Waals surface area contributed by atoms with Crippen LogP contribution in [0.4, 0.5) is 0 Å². The summed E-state index contributed by atoms with van der Waals surface area (Å²) >= 11 is 0. The molecule has 0 saturated carbocycles. The number of ether oxygens (including phenoxy) is 1. The molecule has 0 amide bonds. The Bertz CT molecular complexity index is 567. The summed E-state index contributed by atoms with van der Waals surface area (Å²) in [5.41, 5.74) is 1.13. The van der Waals surface area contributed by atoms with Gasteiger partial charge in [0.2, 0.25) is 5.89 Å². The Morgan fingerprint density at radius 1 is 1.35 bits per heavy atom. The number of phenols is 1. The van der Waals surface area contributed by atoms with Crippen LogP contribution >= 0.6 is 0 Å². The number of phenolic OH excluding ortho intramolecular Hbond substituents is 1. The van der Waals surface area contributed by atoms with Gasteiger partial charge in [0, 0.05) is 13.1 Å². The van der Waals surface area contributed by atoms with E-state index < -0.39 is 0 Å². The maximum atomic E-state index is 9.33. The van der Waals surface area contributed by atoms with Crippen LogP contribution < -0.4 is 0 Å². The summed E-state index contributed by atoms with van der Waals surface area (Å²) in [6.07, 6.45) is 0. The van der Waals surface area contributed by atoms with Crippen molar-refractivity contribution in [2.75, 3.05) is 19.8 Å². The molecule has 0 aliphatic carbocycles. The molecule has 1 atom stereocenters. The number of hydrogen-bond acceptors (Lipinski definition) is 6. The number of aromatic nitrogens is 2. The molecule has 1 aliphatic heterocycles. The van der Waals surface area contributed by atoms with Gasteiger partial charge in [0.15, 0.2) is 5.82 Å². The highest BCUT2D eigenvalue weighted by atomic mass is 16.5. The molecule has 0 radical (unpaired) electrons. The topological polar surface area (TPSA) is 71.6 Å². The molecule has 3 rings (SSSR count). The number of hydrogen-bond donors (Lipinski definition) is 1.